The fraction of sp³-hybridized carbons (Fsp3) is 0.870. The van der Waals surface area contributed by atoms with Gasteiger partial charge >= 0.3 is 11.9 Å². The molecule has 0 radical (unpaired) electrons. The highest BCUT2D eigenvalue weighted by Gasteiger charge is 2.28. The average molecular weight is 823 g/mol. The second-order valence-electron chi connectivity index (χ2n) is 16.4. The van der Waals surface area contributed by atoms with Crippen molar-refractivity contribution in [3.05, 3.63) is 0 Å². The van der Waals surface area contributed by atoms with E-state index in [9.17, 15) is 33.9 Å². The zero-order valence-electron chi connectivity index (χ0n) is 37.0. The zero-order valence-corrected chi connectivity index (χ0v) is 37.0. The van der Waals surface area contributed by atoms with Gasteiger partial charge in [0.15, 0.2) is 0 Å². The van der Waals surface area contributed by atoms with Crippen LogP contribution in [0.1, 0.15) is 232 Å². The molecule has 58 heavy (non-hydrogen) atoms. The van der Waals surface area contributed by atoms with Crippen molar-refractivity contribution in [2.45, 2.75) is 244 Å². The lowest BCUT2D eigenvalue weighted by Gasteiger charge is -2.20. The number of carboxylic acids is 2. The quantitative estimate of drug-likeness (QED) is 0.0328. The number of hydrogen-bond donors (Lipinski definition) is 6. The standard InChI is InChI=1S/C46H86N4O8/c1-3-5-7-9-11-13-15-17-19-21-23-25-27-31-35-47-42(52)37-39(49-43(53)38-40(46(57)58)50-41(51)33-29-30-34-44(54)55)45(56)48-36-32-28-26-24-22-20-18-16-14-12-10-8-6-4-2/h39-40H,3-38H2,1-2H3,(H,47,52)(H,48,56)(H,49,53)(H,50,51)(H,54,55)(H,57,58)/t39-,40-/m0/s1. The molecule has 0 bridgehead atoms. The molecule has 12 heteroatoms. The fourth-order valence-electron chi connectivity index (χ4n) is 7.14. The highest BCUT2D eigenvalue weighted by Crippen LogP contribution is 2.14. The Kier molecular flexibility index (Phi) is 38.4. The number of aliphatic carboxylic acids is 2. The molecule has 0 aromatic rings. The van der Waals surface area contributed by atoms with Gasteiger partial charge in [-0.15, -0.1) is 0 Å². The van der Waals surface area contributed by atoms with Gasteiger partial charge in [0, 0.05) is 25.9 Å². The molecule has 0 fully saturated rings. The Hall–Kier alpha value is -3.18. The summed E-state index contributed by atoms with van der Waals surface area (Å²) in [5.74, 6) is -4.69. The van der Waals surface area contributed by atoms with Crippen LogP contribution in [0.25, 0.3) is 0 Å². The third-order valence-electron chi connectivity index (χ3n) is 10.8. The van der Waals surface area contributed by atoms with Gasteiger partial charge in [-0.2, -0.15) is 0 Å². The lowest BCUT2D eigenvalue weighted by molar-refractivity contribution is -0.144. The summed E-state index contributed by atoms with van der Waals surface area (Å²) in [5, 5.41) is 29.0. The zero-order chi connectivity index (χ0) is 42.9. The lowest BCUT2D eigenvalue weighted by Crippen LogP contribution is -2.51. The average Bonchev–Trinajstić information content (AvgIpc) is 3.18. The van der Waals surface area contributed by atoms with E-state index in [0.717, 1.165) is 44.9 Å². The van der Waals surface area contributed by atoms with Crippen molar-refractivity contribution >= 4 is 35.6 Å². The maximum Gasteiger partial charge on any atom is 0.326 e. The van der Waals surface area contributed by atoms with Crippen molar-refractivity contribution in [3.63, 3.8) is 0 Å². The third kappa shape index (κ3) is 37.1. The summed E-state index contributed by atoms with van der Waals surface area (Å²) in [6.45, 7) is 5.36. The number of carboxylic acid groups (broad SMARTS) is 2. The molecule has 0 unspecified atom stereocenters. The molecule has 338 valence electrons. The number of carbonyl (C=O) groups is 6. The normalized spacial score (nSPS) is 12.1. The van der Waals surface area contributed by atoms with E-state index in [0.29, 0.717) is 13.1 Å². The Balaban J connectivity index is 4.70. The summed E-state index contributed by atoms with van der Waals surface area (Å²) in [5.41, 5.74) is 0. The second-order valence-corrected chi connectivity index (χ2v) is 16.4. The number of nitrogens with one attached hydrogen (secondary N) is 4. The summed E-state index contributed by atoms with van der Waals surface area (Å²) in [6, 6.07) is -2.74. The van der Waals surface area contributed by atoms with Gasteiger partial charge in [0.05, 0.1) is 12.8 Å². The largest absolute Gasteiger partial charge is 0.481 e. The summed E-state index contributed by atoms with van der Waals surface area (Å²) >= 11 is 0. The summed E-state index contributed by atoms with van der Waals surface area (Å²) in [7, 11) is 0. The van der Waals surface area contributed by atoms with Gasteiger partial charge in [-0.25, -0.2) is 4.79 Å². The van der Waals surface area contributed by atoms with Crippen LogP contribution >= 0.6 is 0 Å². The van der Waals surface area contributed by atoms with E-state index in [1.165, 1.54) is 135 Å². The van der Waals surface area contributed by atoms with Crippen molar-refractivity contribution in [3.8, 4) is 0 Å². The molecule has 0 aliphatic rings. The van der Waals surface area contributed by atoms with Crippen LogP contribution in [0.5, 0.6) is 0 Å². The predicted molar refractivity (Wildman–Crippen MR) is 233 cm³/mol. The van der Waals surface area contributed by atoms with Gasteiger partial charge in [0.1, 0.15) is 12.1 Å². The van der Waals surface area contributed by atoms with Crippen LogP contribution in [-0.4, -0.2) is 71.0 Å². The van der Waals surface area contributed by atoms with Gasteiger partial charge in [-0.1, -0.05) is 181 Å². The van der Waals surface area contributed by atoms with Crippen LogP contribution in [0.2, 0.25) is 0 Å². The van der Waals surface area contributed by atoms with Crippen LogP contribution in [0.15, 0.2) is 0 Å². The van der Waals surface area contributed by atoms with Crippen molar-refractivity contribution in [1.29, 1.82) is 0 Å². The molecule has 0 aliphatic carbocycles. The second kappa shape index (κ2) is 40.6. The molecule has 2 atom stereocenters. The summed E-state index contributed by atoms with van der Waals surface area (Å²) < 4.78 is 0. The topological polar surface area (TPSA) is 191 Å². The smallest absolute Gasteiger partial charge is 0.326 e. The van der Waals surface area contributed by atoms with Crippen LogP contribution in [0, 0.1) is 0 Å². The number of carbonyl (C=O) groups excluding carboxylic acids is 4. The Morgan fingerprint density at radius 3 is 1.12 bits per heavy atom. The highest BCUT2D eigenvalue weighted by molar-refractivity contribution is 5.94. The molecule has 12 nitrogen and oxygen atoms in total. The SMILES string of the molecule is CCCCCCCCCCCCCCCCNC(=O)C[C@H](NC(=O)C[C@H](NC(=O)CCCCC(=O)O)C(=O)O)C(=O)NCCCCCCCCCCCCCCCC. The minimum Gasteiger partial charge on any atom is -0.481 e. The maximum atomic E-state index is 13.2. The van der Waals surface area contributed by atoms with Crippen molar-refractivity contribution in [2.75, 3.05) is 13.1 Å². The Bertz CT molecular complexity index is 1070. The third-order valence-corrected chi connectivity index (χ3v) is 10.8. The monoisotopic (exact) mass is 823 g/mol. The molecule has 4 amide bonds. The number of amides is 4. The molecular formula is C46H86N4O8. The minimum absolute atomic E-state index is 0.0809. The molecular weight excluding hydrogens is 737 g/mol. The van der Waals surface area contributed by atoms with Gasteiger partial charge in [0.25, 0.3) is 0 Å². The highest BCUT2D eigenvalue weighted by atomic mass is 16.4. The summed E-state index contributed by atoms with van der Waals surface area (Å²) in [4.78, 5) is 74.0. The predicted octanol–water partition coefficient (Wildman–Crippen LogP) is 9.66. The Labute approximate surface area is 352 Å². The molecule has 0 spiro atoms. The number of hydrogen-bond acceptors (Lipinski definition) is 6. The summed E-state index contributed by atoms with van der Waals surface area (Å²) in [6.07, 6.45) is 33.8. The molecule has 0 aromatic carbocycles. The van der Waals surface area contributed by atoms with E-state index in [-0.39, 0.29) is 38.0 Å². The number of unbranched alkanes of at least 4 members (excludes halogenated alkanes) is 27. The van der Waals surface area contributed by atoms with Crippen molar-refractivity contribution in [1.82, 2.24) is 21.3 Å². The molecule has 0 saturated heterocycles. The molecule has 0 aliphatic heterocycles. The van der Waals surface area contributed by atoms with Gasteiger partial charge in [0.2, 0.25) is 23.6 Å². The number of rotatable bonds is 43. The maximum absolute atomic E-state index is 13.2. The van der Waals surface area contributed by atoms with Gasteiger partial charge < -0.3 is 31.5 Å². The first-order valence-electron chi connectivity index (χ1n) is 23.7. The van der Waals surface area contributed by atoms with Crippen LogP contribution in [0.3, 0.4) is 0 Å². The van der Waals surface area contributed by atoms with Gasteiger partial charge in [-0.3, -0.25) is 24.0 Å². The van der Waals surface area contributed by atoms with Crippen molar-refractivity contribution in [2.24, 2.45) is 0 Å². The van der Waals surface area contributed by atoms with Crippen LogP contribution in [0.4, 0.5) is 0 Å². The van der Waals surface area contributed by atoms with Crippen LogP contribution in [-0.2, 0) is 28.8 Å². The van der Waals surface area contributed by atoms with E-state index < -0.39 is 48.2 Å². The first-order chi connectivity index (χ1) is 28.1. The lowest BCUT2D eigenvalue weighted by atomic mass is 10.0. The Morgan fingerprint density at radius 2 is 0.724 bits per heavy atom. The van der Waals surface area contributed by atoms with Gasteiger partial charge in [-0.05, 0) is 25.7 Å². The first kappa shape index (κ1) is 54.8. The molecule has 0 saturated carbocycles. The van der Waals surface area contributed by atoms with E-state index >= 15 is 0 Å². The van der Waals surface area contributed by atoms with Crippen molar-refractivity contribution < 1.29 is 39.0 Å². The molecule has 0 rings (SSSR count). The van der Waals surface area contributed by atoms with E-state index in [2.05, 4.69) is 35.1 Å². The molecule has 0 heterocycles. The van der Waals surface area contributed by atoms with Crippen LogP contribution < -0.4 is 21.3 Å². The van der Waals surface area contributed by atoms with E-state index in [4.69, 9.17) is 5.11 Å². The molecule has 6 N–H and O–H groups in total. The molecule has 0 aromatic heterocycles. The van der Waals surface area contributed by atoms with E-state index in [1.54, 1.807) is 0 Å². The van der Waals surface area contributed by atoms with E-state index in [1.807, 2.05) is 0 Å². The minimum atomic E-state index is -1.54. The first-order valence-corrected chi connectivity index (χ1v) is 23.7. The Morgan fingerprint density at radius 1 is 0.379 bits per heavy atom. The fourth-order valence-corrected chi connectivity index (χ4v) is 7.14.